The first kappa shape index (κ1) is 11.1. The lowest BCUT2D eigenvalue weighted by atomic mass is 10.1. The van der Waals surface area contributed by atoms with Gasteiger partial charge in [0.15, 0.2) is 5.82 Å². The molecule has 0 radical (unpaired) electrons. The van der Waals surface area contributed by atoms with Crippen LogP contribution in [-0.2, 0) is 0 Å². The summed E-state index contributed by atoms with van der Waals surface area (Å²) in [5.74, 6) is 0.733. The first-order valence-electron chi connectivity index (χ1n) is 6.47. The molecule has 0 atom stereocenters. The fraction of sp³-hybridized carbons (Fsp3) is 0. The summed E-state index contributed by atoms with van der Waals surface area (Å²) >= 11 is 0. The van der Waals surface area contributed by atoms with Gasteiger partial charge < -0.3 is 0 Å². The second-order valence-electron chi connectivity index (χ2n) is 4.65. The highest BCUT2D eigenvalue weighted by Crippen LogP contribution is 2.25. The summed E-state index contributed by atoms with van der Waals surface area (Å²) < 4.78 is 0. The minimum absolute atomic E-state index is 0.733. The van der Waals surface area contributed by atoms with Crippen molar-refractivity contribution < 1.29 is 0 Å². The van der Waals surface area contributed by atoms with Gasteiger partial charge in [-0.25, -0.2) is 9.97 Å². The van der Waals surface area contributed by atoms with E-state index in [0.717, 1.165) is 27.7 Å². The van der Waals surface area contributed by atoms with E-state index in [1.165, 1.54) is 5.39 Å². The van der Waals surface area contributed by atoms with E-state index in [2.05, 4.69) is 34.2 Å². The molecular weight excluding hydrogens is 246 g/mol. The molecule has 0 fully saturated rings. The molecule has 0 bridgehead atoms. The summed E-state index contributed by atoms with van der Waals surface area (Å²) in [4.78, 5) is 13.2. The Bertz CT molecular complexity index is 901. The van der Waals surface area contributed by atoms with Gasteiger partial charge in [-0.1, -0.05) is 36.4 Å². The van der Waals surface area contributed by atoms with E-state index in [1.54, 1.807) is 12.4 Å². The highest BCUT2D eigenvalue weighted by Gasteiger charge is 2.05. The Morgan fingerprint density at radius 2 is 1.55 bits per heavy atom. The number of nitrogens with zero attached hydrogens (tertiary/aromatic N) is 3. The zero-order chi connectivity index (χ0) is 13.4. The molecule has 0 amide bonds. The highest BCUT2D eigenvalue weighted by molar-refractivity contribution is 6.05. The second-order valence-corrected chi connectivity index (χ2v) is 4.65. The van der Waals surface area contributed by atoms with Gasteiger partial charge in [0, 0.05) is 34.9 Å². The molecule has 2 heterocycles. The Hall–Kier alpha value is -2.81. The van der Waals surface area contributed by atoms with Crippen molar-refractivity contribution in [1.82, 2.24) is 15.0 Å². The van der Waals surface area contributed by atoms with Crippen molar-refractivity contribution in [3.63, 3.8) is 0 Å². The molecule has 3 nitrogen and oxygen atoms in total. The molecule has 0 aliphatic rings. The third-order valence-electron chi connectivity index (χ3n) is 3.41. The van der Waals surface area contributed by atoms with E-state index in [4.69, 9.17) is 4.98 Å². The lowest BCUT2D eigenvalue weighted by Crippen LogP contribution is -1.91. The predicted octanol–water partition coefficient (Wildman–Crippen LogP) is 3.85. The van der Waals surface area contributed by atoms with E-state index >= 15 is 0 Å². The van der Waals surface area contributed by atoms with Crippen LogP contribution in [0.15, 0.2) is 67.1 Å². The van der Waals surface area contributed by atoms with Gasteiger partial charge in [0.2, 0.25) is 0 Å². The van der Waals surface area contributed by atoms with Gasteiger partial charge in [0.05, 0.1) is 5.52 Å². The Morgan fingerprint density at radius 1 is 0.750 bits per heavy atom. The Kier molecular flexibility index (Phi) is 2.42. The monoisotopic (exact) mass is 257 g/mol. The quantitative estimate of drug-likeness (QED) is 0.486. The normalized spacial score (nSPS) is 11.0. The van der Waals surface area contributed by atoms with Gasteiger partial charge in [-0.3, -0.25) is 4.98 Å². The maximum absolute atomic E-state index is 4.73. The molecule has 0 unspecified atom stereocenters. The topological polar surface area (TPSA) is 38.7 Å². The highest BCUT2D eigenvalue weighted by atomic mass is 14.9. The van der Waals surface area contributed by atoms with Crippen LogP contribution in [0, 0.1) is 0 Å². The predicted molar refractivity (Wildman–Crippen MR) is 80.3 cm³/mol. The lowest BCUT2D eigenvalue weighted by Gasteiger charge is -2.05. The molecule has 2 aromatic carbocycles. The van der Waals surface area contributed by atoms with Gasteiger partial charge in [-0.2, -0.15) is 0 Å². The van der Waals surface area contributed by atoms with Crippen LogP contribution in [0.25, 0.3) is 33.1 Å². The zero-order valence-corrected chi connectivity index (χ0v) is 10.7. The molecule has 94 valence electrons. The van der Waals surface area contributed by atoms with Crippen LogP contribution in [-0.4, -0.2) is 15.0 Å². The van der Waals surface area contributed by atoms with E-state index in [9.17, 15) is 0 Å². The summed E-state index contributed by atoms with van der Waals surface area (Å²) in [6, 6.07) is 16.3. The van der Waals surface area contributed by atoms with Crippen molar-refractivity contribution in [1.29, 1.82) is 0 Å². The molecule has 0 saturated carbocycles. The maximum Gasteiger partial charge on any atom is 0.159 e. The fourth-order valence-electron chi connectivity index (χ4n) is 2.41. The van der Waals surface area contributed by atoms with Crippen LogP contribution in [0.5, 0.6) is 0 Å². The number of hydrogen-bond donors (Lipinski definition) is 0. The third kappa shape index (κ3) is 1.72. The Balaban J connectivity index is 2.05. The summed E-state index contributed by atoms with van der Waals surface area (Å²) in [5.41, 5.74) is 1.97. The van der Waals surface area contributed by atoms with E-state index in [0.29, 0.717) is 0 Å². The Labute approximate surface area is 116 Å². The molecule has 0 N–H and O–H groups in total. The number of aromatic nitrogens is 3. The van der Waals surface area contributed by atoms with Crippen molar-refractivity contribution in [2.24, 2.45) is 0 Å². The molecule has 3 heteroatoms. The van der Waals surface area contributed by atoms with Crippen LogP contribution in [0.3, 0.4) is 0 Å². The molecule has 0 saturated heterocycles. The third-order valence-corrected chi connectivity index (χ3v) is 3.41. The van der Waals surface area contributed by atoms with E-state index in [1.807, 2.05) is 30.5 Å². The number of pyridine rings is 1. The lowest BCUT2D eigenvalue weighted by molar-refractivity contribution is 1.22. The smallest absolute Gasteiger partial charge is 0.159 e. The molecule has 0 spiro atoms. The average Bonchev–Trinajstić information content (AvgIpc) is 2.55. The number of fused-ring (bicyclic) bond motifs is 3. The average molecular weight is 257 g/mol. The summed E-state index contributed by atoms with van der Waals surface area (Å²) in [7, 11) is 0. The molecule has 4 aromatic rings. The summed E-state index contributed by atoms with van der Waals surface area (Å²) in [5, 5.41) is 3.41. The van der Waals surface area contributed by atoms with Crippen LogP contribution in [0.4, 0.5) is 0 Å². The van der Waals surface area contributed by atoms with Gasteiger partial charge in [-0.05, 0) is 17.5 Å². The first-order valence-corrected chi connectivity index (χ1v) is 6.47. The minimum Gasteiger partial charge on any atom is -0.265 e. The Morgan fingerprint density at radius 3 is 2.45 bits per heavy atom. The minimum atomic E-state index is 0.733. The van der Waals surface area contributed by atoms with Gasteiger partial charge in [0.1, 0.15) is 0 Å². The number of benzene rings is 2. The molecule has 0 aliphatic carbocycles. The zero-order valence-electron chi connectivity index (χ0n) is 10.7. The van der Waals surface area contributed by atoms with Crippen molar-refractivity contribution in [3.05, 3.63) is 67.1 Å². The molecule has 2 aromatic heterocycles. The molecule has 20 heavy (non-hydrogen) atoms. The summed E-state index contributed by atoms with van der Waals surface area (Å²) in [6.07, 6.45) is 5.39. The molecule has 4 rings (SSSR count). The SMILES string of the molecule is c1ccc2c(c1)ccc1cnc(-c3ccncc3)nc12. The first-order chi connectivity index (χ1) is 9.92. The standard InChI is InChI=1S/C17H11N3/c1-2-4-15-12(3-1)5-6-14-11-19-17(20-16(14)15)13-7-9-18-10-8-13/h1-11H. The van der Waals surface area contributed by atoms with Crippen molar-refractivity contribution in [2.45, 2.75) is 0 Å². The second kappa shape index (κ2) is 4.38. The summed E-state index contributed by atoms with van der Waals surface area (Å²) in [6.45, 7) is 0. The van der Waals surface area contributed by atoms with Crippen LogP contribution >= 0.6 is 0 Å². The molecule has 0 aliphatic heterocycles. The van der Waals surface area contributed by atoms with E-state index in [-0.39, 0.29) is 0 Å². The largest absolute Gasteiger partial charge is 0.265 e. The van der Waals surface area contributed by atoms with Gasteiger partial charge in [-0.15, -0.1) is 0 Å². The van der Waals surface area contributed by atoms with Crippen molar-refractivity contribution in [3.8, 4) is 11.4 Å². The van der Waals surface area contributed by atoms with Gasteiger partial charge in [0.25, 0.3) is 0 Å². The number of rotatable bonds is 1. The molecular formula is C17H11N3. The van der Waals surface area contributed by atoms with Crippen molar-refractivity contribution in [2.75, 3.05) is 0 Å². The van der Waals surface area contributed by atoms with Crippen LogP contribution in [0.1, 0.15) is 0 Å². The van der Waals surface area contributed by atoms with Gasteiger partial charge >= 0.3 is 0 Å². The van der Waals surface area contributed by atoms with Crippen LogP contribution < -0.4 is 0 Å². The van der Waals surface area contributed by atoms with E-state index < -0.39 is 0 Å². The fourth-order valence-corrected chi connectivity index (χ4v) is 2.41. The number of hydrogen-bond acceptors (Lipinski definition) is 3. The maximum atomic E-state index is 4.73. The van der Waals surface area contributed by atoms with Crippen molar-refractivity contribution >= 4 is 21.7 Å². The van der Waals surface area contributed by atoms with Crippen LogP contribution in [0.2, 0.25) is 0 Å².